The molecule has 0 aliphatic carbocycles. The first-order valence-corrected chi connectivity index (χ1v) is 13.3. The Kier molecular flexibility index (Phi) is 12.2. The Morgan fingerprint density at radius 1 is 1.11 bits per heavy atom. The number of hydrogen-bond acceptors (Lipinski definition) is 7. The normalized spacial score (nSPS) is 15.2. The third kappa shape index (κ3) is 6.90. The van der Waals surface area contributed by atoms with E-state index in [1.165, 1.54) is 20.9 Å². The predicted molar refractivity (Wildman–Crippen MR) is 139 cm³/mol. The number of aliphatic carboxylic acids is 1. The molecule has 0 aromatic heterocycles. The highest BCUT2D eigenvalue weighted by Crippen LogP contribution is 2.55. The molecule has 0 saturated carbocycles. The quantitative estimate of drug-likeness (QED) is 0.169. The van der Waals surface area contributed by atoms with Crippen molar-refractivity contribution in [2.45, 2.75) is 77.1 Å². The fourth-order valence-corrected chi connectivity index (χ4v) is 5.64. The van der Waals surface area contributed by atoms with Gasteiger partial charge in [0, 0.05) is 13.5 Å². The van der Waals surface area contributed by atoms with Gasteiger partial charge in [-0.3, -0.25) is 14.5 Å². The van der Waals surface area contributed by atoms with Crippen LogP contribution in [0.5, 0.6) is 0 Å². The maximum atomic E-state index is 13.7. The molecule has 0 aliphatic rings. The van der Waals surface area contributed by atoms with E-state index in [1.54, 1.807) is 0 Å². The second-order valence-corrected chi connectivity index (χ2v) is 11.0. The Morgan fingerprint density at radius 2 is 1.72 bits per heavy atom. The van der Waals surface area contributed by atoms with Gasteiger partial charge in [0.25, 0.3) is 0 Å². The summed E-state index contributed by atoms with van der Waals surface area (Å²) in [4.78, 5) is 40.8. The number of unbranched alkanes of at least 4 members (excludes halogenated alkanes) is 1. The molecule has 0 saturated heterocycles. The topological polar surface area (TPSA) is 147 Å². The molecule has 0 bridgehead atoms. The summed E-state index contributed by atoms with van der Waals surface area (Å²) in [7, 11) is -0.432. The Morgan fingerprint density at radius 3 is 2.19 bits per heavy atom. The van der Waals surface area contributed by atoms with Crippen molar-refractivity contribution in [3.8, 4) is 0 Å². The number of carboxylic acid groups (broad SMARTS) is 1. The number of aryl methyl sites for hydroxylation is 1. The number of carbonyl (C=O) groups is 3. The lowest BCUT2D eigenvalue weighted by molar-refractivity contribution is -0.198. The van der Waals surface area contributed by atoms with Crippen molar-refractivity contribution in [3.63, 3.8) is 0 Å². The van der Waals surface area contributed by atoms with E-state index in [2.05, 4.69) is 0 Å². The number of nitrogens with two attached hydrogens (primary N) is 1. The summed E-state index contributed by atoms with van der Waals surface area (Å²) in [6, 6.07) is 9.52. The van der Waals surface area contributed by atoms with Gasteiger partial charge in [0.2, 0.25) is 5.91 Å². The summed E-state index contributed by atoms with van der Waals surface area (Å²) in [6.45, 7) is 6.46. The number of benzene rings is 1. The molecule has 1 aromatic rings. The van der Waals surface area contributed by atoms with Gasteiger partial charge in [0.1, 0.15) is 0 Å². The van der Waals surface area contributed by atoms with Gasteiger partial charge in [-0.25, -0.2) is 4.79 Å². The third-order valence-corrected chi connectivity index (χ3v) is 7.87. The predicted octanol–water partition coefficient (Wildman–Crippen LogP) is 3.36. The summed E-state index contributed by atoms with van der Waals surface area (Å²) in [6.07, 6.45) is 1.48. The smallest absolute Gasteiger partial charge is 0.382 e. The highest BCUT2D eigenvalue weighted by atomic mass is 31.1. The number of ether oxygens (including phenoxy) is 1. The van der Waals surface area contributed by atoms with Crippen LogP contribution < -0.4 is 5.73 Å². The Balaban J connectivity index is 3.54. The molecule has 1 aromatic carbocycles. The molecule has 2 unspecified atom stereocenters. The second kappa shape index (κ2) is 13.8. The Hall–Kier alpha value is -2.35. The fourth-order valence-electron chi connectivity index (χ4n) is 4.58. The minimum absolute atomic E-state index is 0.0278. The molecule has 1 rings (SSSR count). The monoisotopic (exact) mass is 525 g/mol. The van der Waals surface area contributed by atoms with Gasteiger partial charge in [-0.15, -0.1) is 0 Å². The molecular formula is C26H42N2O7P+. The van der Waals surface area contributed by atoms with Crippen molar-refractivity contribution in [1.82, 2.24) is 4.90 Å². The van der Waals surface area contributed by atoms with Gasteiger partial charge in [0.15, 0.2) is 5.41 Å². The zero-order chi connectivity index (χ0) is 27.6. The number of nitrogens with zero attached hydrogens (tertiary/aromatic N) is 1. The number of rotatable bonds is 16. The molecule has 0 heterocycles. The number of carbonyl (C=O) groups excluding carboxylic acids is 2. The lowest BCUT2D eigenvalue weighted by Gasteiger charge is -2.48. The largest absolute Gasteiger partial charge is 0.476 e. The summed E-state index contributed by atoms with van der Waals surface area (Å²) >= 11 is 0. The molecular weight excluding hydrogens is 483 g/mol. The minimum Gasteiger partial charge on any atom is -0.476 e. The minimum atomic E-state index is -2.56. The molecule has 0 fully saturated rings. The molecule has 36 heavy (non-hydrogen) atoms. The van der Waals surface area contributed by atoms with E-state index in [1.807, 2.05) is 44.2 Å². The lowest BCUT2D eigenvalue weighted by atomic mass is 9.64. The maximum Gasteiger partial charge on any atom is 0.382 e. The zero-order valence-corrected chi connectivity index (χ0v) is 23.1. The number of aliphatic hydroxyl groups is 1. The summed E-state index contributed by atoms with van der Waals surface area (Å²) in [5, 5.41) is 19.3. The van der Waals surface area contributed by atoms with Crippen LogP contribution in [0.4, 0.5) is 0 Å². The first kappa shape index (κ1) is 31.7. The second-order valence-electron chi connectivity index (χ2n) is 10.1. The van der Waals surface area contributed by atoms with E-state index >= 15 is 0 Å². The van der Waals surface area contributed by atoms with Crippen LogP contribution in [0.1, 0.15) is 65.4 Å². The van der Waals surface area contributed by atoms with Gasteiger partial charge in [0.05, 0.1) is 12.2 Å². The summed E-state index contributed by atoms with van der Waals surface area (Å²) in [5.41, 5.74) is 2.42. The number of likely N-dealkylation sites (N-methyl/N-ethyl adjacent to an activating group) is 1. The highest BCUT2D eigenvalue weighted by Gasteiger charge is 2.77. The van der Waals surface area contributed by atoms with Crippen LogP contribution >= 0.6 is 8.46 Å². The number of carboxylic acids is 1. The van der Waals surface area contributed by atoms with Crippen LogP contribution in [0.15, 0.2) is 30.3 Å². The Labute approximate surface area is 215 Å². The van der Waals surface area contributed by atoms with Crippen molar-refractivity contribution in [2.75, 3.05) is 20.2 Å². The average molecular weight is 526 g/mol. The third-order valence-electron chi connectivity index (χ3n) is 6.60. The van der Waals surface area contributed by atoms with Gasteiger partial charge >= 0.3 is 25.7 Å². The van der Waals surface area contributed by atoms with Gasteiger partial charge < -0.3 is 20.7 Å². The van der Waals surface area contributed by atoms with Crippen molar-refractivity contribution in [1.29, 1.82) is 0 Å². The van der Waals surface area contributed by atoms with Crippen molar-refractivity contribution < 1.29 is 33.9 Å². The maximum absolute atomic E-state index is 13.7. The molecule has 0 spiro atoms. The van der Waals surface area contributed by atoms with Crippen molar-refractivity contribution in [2.24, 2.45) is 17.1 Å². The fraction of sp³-hybridized carbons (Fsp3) is 0.654. The molecule has 9 nitrogen and oxygen atoms in total. The van der Waals surface area contributed by atoms with Crippen LogP contribution in [-0.4, -0.2) is 64.0 Å². The molecule has 3 atom stereocenters. The highest BCUT2D eigenvalue weighted by molar-refractivity contribution is 7.28. The van der Waals surface area contributed by atoms with E-state index < -0.39 is 42.6 Å². The molecule has 10 heteroatoms. The number of esters is 1. The zero-order valence-electron chi connectivity index (χ0n) is 22.1. The molecule has 4 N–H and O–H groups in total. The SMILES string of the molecule is CC(C)COC(=O)C(CCCCN)(C(C)(C)O)[C@@]([PH+]=O)(C(=O)O)N(C)C(=O)CCCc1ccccc1. The van der Waals surface area contributed by atoms with Crippen LogP contribution in [-0.2, 0) is 30.1 Å². The van der Waals surface area contributed by atoms with Crippen LogP contribution in [0.25, 0.3) is 0 Å². The first-order valence-electron chi connectivity index (χ1n) is 12.3. The van der Waals surface area contributed by atoms with Crippen molar-refractivity contribution in [3.05, 3.63) is 35.9 Å². The summed E-state index contributed by atoms with van der Waals surface area (Å²) < 4.78 is 18.4. The molecule has 0 radical (unpaired) electrons. The van der Waals surface area contributed by atoms with E-state index in [9.17, 15) is 29.2 Å². The van der Waals surface area contributed by atoms with Crippen LogP contribution in [0.3, 0.4) is 0 Å². The van der Waals surface area contributed by atoms with E-state index in [-0.39, 0.29) is 38.3 Å². The Bertz CT molecular complexity index is 888. The summed E-state index contributed by atoms with van der Waals surface area (Å²) in [5.74, 6) is -3.31. The van der Waals surface area contributed by atoms with Gasteiger partial charge in [-0.05, 0) is 57.6 Å². The van der Waals surface area contributed by atoms with Crippen molar-refractivity contribution >= 4 is 26.3 Å². The van der Waals surface area contributed by atoms with E-state index in [4.69, 9.17) is 10.5 Å². The molecule has 1 amide bonds. The lowest BCUT2D eigenvalue weighted by Crippen LogP contribution is -2.71. The molecule has 202 valence electrons. The number of hydrogen-bond donors (Lipinski definition) is 3. The van der Waals surface area contributed by atoms with E-state index in [0.29, 0.717) is 19.3 Å². The standard InChI is InChI=1S/C26H41N2O7P/c1-19(2)18-35-23(32)25(24(3,4)33,16-9-10-17-27)26(36-34,22(30)31)28(5)21(29)15-11-14-20-12-7-6-8-13-20/h6-8,12-13,19,33H,9-11,14-18,27H2,1-5H3,(H,30,31)/p+1/t25?,26-/m0/s1. The first-order chi connectivity index (χ1) is 16.8. The van der Waals surface area contributed by atoms with Crippen LogP contribution in [0, 0.1) is 11.3 Å². The average Bonchev–Trinajstić information content (AvgIpc) is 2.81. The van der Waals surface area contributed by atoms with Crippen LogP contribution in [0.2, 0.25) is 0 Å². The van der Waals surface area contributed by atoms with Gasteiger partial charge in [-0.2, -0.15) is 0 Å². The van der Waals surface area contributed by atoms with E-state index in [0.717, 1.165) is 10.5 Å². The van der Waals surface area contributed by atoms with Gasteiger partial charge in [-0.1, -0.05) is 55.2 Å². The molecule has 0 aliphatic heterocycles. The number of amides is 1.